The summed E-state index contributed by atoms with van der Waals surface area (Å²) >= 11 is 5.37. The fourth-order valence-corrected chi connectivity index (χ4v) is 2.85. The minimum atomic E-state index is -0.263. The number of halogens is 1. The van der Waals surface area contributed by atoms with Crippen molar-refractivity contribution in [3.8, 4) is 5.69 Å². The van der Waals surface area contributed by atoms with E-state index in [0.29, 0.717) is 4.77 Å². The summed E-state index contributed by atoms with van der Waals surface area (Å²) in [4.78, 5) is 3.05. The largest absolute Gasteiger partial charge is 0.330 e. The van der Waals surface area contributed by atoms with Crippen LogP contribution in [0.4, 0.5) is 4.39 Å². The van der Waals surface area contributed by atoms with Gasteiger partial charge in [0.05, 0.1) is 11.0 Å². The van der Waals surface area contributed by atoms with Crippen LogP contribution in [0.1, 0.15) is 25.3 Å². The number of rotatable bonds is 4. The molecule has 0 atom stereocenters. The Bertz CT molecular complexity index is 815. The van der Waals surface area contributed by atoms with Crippen molar-refractivity contribution in [3.63, 3.8) is 0 Å². The number of nitrogens with zero attached hydrogens (tertiary/aromatic N) is 1. The second-order valence-electron chi connectivity index (χ2n) is 5.20. The highest BCUT2D eigenvalue weighted by Crippen LogP contribution is 2.21. The summed E-state index contributed by atoms with van der Waals surface area (Å²) in [5.74, 6) is -0.263. The lowest BCUT2D eigenvalue weighted by Crippen LogP contribution is -1.94. The smallest absolute Gasteiger partial charge is 0.182 e. The molecule has 0 aliphatic rings. The number of imidazole rings is 1. The Morgan fingerprint density at radius 3 is 2.62 bits per heavy atom. The second kappa shape index (κ2) is 5.82. The van der Waals surface area contributed by atoms with Gasteiger partial charge in [-0.05, 0) is 61.0 Å². The number of nitrogens with one attached hydrogen (secondary N) is 1. The molecule has 1 heterocycles. The molecule has 3 aromatic rings. The molecule has 1 N–H and O–H groups in total. The van der Waals surface area contributed by atoms with Crippen LogP contribution in [0.3, 0.4) is 0 Å². The highest BCUT2D eigenvalue weighted by molar-refractivity contribution is 7.71. The second-order valence-corrected chi connectivity index (χ2v) is 5.58. The van der Waals surface area contributed by atoms with Crippen molar-refractivity contribution in [1.82, 2.24) is 9.55 Å². The van der Waals surface area contributed by atoms with Crippen molar-refractivity contribution in [2.24, 2.45) is 0 Å². The van der Waals surface area contributed by atoms with Gasteiger partial charge in [-0.2, -0.15) is 0 Å². The van der Waals surface area contributed by atoms with Gasteiger partial charge in [-0.25, -0.2) is 4.39 Å². The van der Waals surface area contributed by atoms with Crippen molar-refractivity contribution < 1.29 is 4.39 Å². The number of fused-ring (bicyclic) bond motifs is 1. The van der Waals surface area contributed by atoms with Crippen LogP contribution in [-0.2, 0) is 6.42 Å². The van der Waals surface area contributed by atoms with Crippen LogP contribution in [0.2, 0.25) is 0 Å². The van der Waals surface area contributed by atoms with E-state index in [0.717, 1.165) is 23.1 Å². The van der Waals surface area contributed by atoms with E-state index in [9.17, 15) is 4.39 Å². The van der Waals surface area contributed by atoms with Crippen LogP contribution in [0, 0.1) is 10.6 Å². The minimum Gasteiger partial charge on any atom is -0.330 e. The molecule has 0 radical (unpaired) electrons. The zero-order valence-electron chi connectivity index (χ0n) is 11.9. The Labute approximate surface area is 128 Å². The molecule has 0 aliphatic carbocycles. The first kappa shape index (κ1) is 14.0. The third-order valence-corrected chi connectivity index (χ3v) is 3.94. The zero-order valence-corrected chi connectivity index (χ0v) is 12.7. The van der Waals surface area contributed by atoms with Gasteiger partial charge in [-0.1, -0.05) is 25.5 Å². The van der Waals surface area contributed by atoms with Crippen molar-refractivity contribution in [2.45, 2.75) is 26.2 Å². The number of hydrogen-bond donors (Lipinski definition) is 1. The van der Waals surface area contributed by atoms with E-state index in [2.05, 4.69) is 36.2 Å². The Hall–Kier alpha value is -1.94. The number of hydrogen-bond acceptors (Lipinski definition) is 1. The fraction of sp³-hybridized carbons (Fsp3) is 0.235. The molecule has 0 spiro atoms. The Morgan fingerprint density at radius 2 is 1.90 bits per heavy atom. The molecule has 0 aliphatic heterocycles. The monoisotopic (exact) mass is 300 g/mol. The van der Waals surface area contributed by atoms with Gasteiger partial charge in [-0.3, -0.25) is 4.57 Å². The number of benzene rings is 2. The predicted molar refractivity (Wildman–Crippen MR) is 87.0 cm³/mol. The molecule has 0 bridgehead atoms. The van der Waals surface area contributed by atoms with Gasteiger partial charge < -0.3 is 4.98 Å². The van der Waals surface area contributed by atoms with Gasteiger partial charge in [0.25, 0.3) is 0 Å². The van der Waals surface area contributed by atoms with Crippen LogP contribution >= 0.6 is 12.2 Å². The SMILES string of the molecule is CCCCc1ccc(-n2c(=S)[nH]c3cc(F)ccc32)cc1. The zero-order chi connectivity index (χ0) is 14.8. The van der Waals surface area contributed by atoms with Crippen molar-refractivity contribution >= 4 is 23.3 Å². The topological polar surface area (TPSA) is 20.7 Å². The number of H-pyrrole nitrogens is 1. The number of aryl methyl sites for hydroxylation is 1. The normalized spacial score (nSPS) is 11.1. The quantitative estimate of drug-likeness (QED) is 0.659. The highest BCUT2D eigenvalue weighted by atomic mass is 32.1. The number of unbranched alkanes of at least 4 members (excludes halogenated alkanes) is 1. The summed E-state index contributed by atoms with van der Waals surface area (Å²) in [5.41, 5.74) is 3.94. The first-order valence-electron chi connectivity index (χ1n) is 7.18. The molecule has 21 heavy (non-hydrogen) atoms. The van der Waals surface area contributed by atoms with E-state index in [4.69, 9.17) is 12.2 Å². The summed E-state index contributed by atoms with van der Waals surface area (Å²) < 4.78 is 15.8. The van der Waals surface area contributed by atoms with Gasteiger partial charge in [0, 0.05) is 5.69 Å². The average molecular weight is 300 g/mol. The molecule has 2 nitrogen and oxygen atoms in total. The Morgan fingerprint density at radius 1 is 1.14 bits per heavy atom. The third-order valence-electron chi connectivity index (χ3n) is 3.66. The molecular formula is C17H17FN2S. The molecule has 108 valence electrons. The van der Waals surface area contributed by atoms with Crippen LogP contribution in [0.5, 0.6) is 0 Å². The van der Waals surface area contributed by atoms with Gasteiger partial charge in [0.15, 0.2) is 4.77 Å². The molecule has 0 fully saturated rings. The lowest BCUT2D eigenvalue weighted by molar-refractivity contribution is 0.629. The van der Waals surface area contributed by atoms with Crippen molar-refractivity contribution in [1.29, 1.82) is 0 Å². The summed E-state index contributed by atoms with van der Waals surface area (Å²) in [6, 6.07) is 13.1. The fourth-order valence-electron chi connectivity index (χ4n) is 2.53. The molecule has 1 aromatic heterocycles. The first-order valence-corrected chi connectivity index (χ1v) is 7.59. The van der Waals surface area contributed by atoms with E-state index in [-0.39, 0.29) is 5.82 Å². The molecule has 2 aromatic carbocycles. The molecule has 0 unspecified atom stereocenters. The number of aromatic amines is 1. The average Bonchev–Trinajstić information content (AvgIpc) is 2.80. The maximum Gasteiger partial charge on any atom is 0.182 e. The molecule has 0 saturated heterocycles. The summed E-state index contributed by atoms with van der Waals surface area (Å²) in [6.45, 7) is 2.19. The summed E-state index contributed by atoms with van der Waals surface area (Å²) in [5, 5.41) is 0. The summed E-state index contributed by atoms with van der Waals surface area (Å²) in [6.07, 6.45) is 3.49. The van der Waals surface area contributed by atoms with Gasteiger partial charge in [0.2, 0.25) is 0 Å². The predicted octanol–water partition coefficient (Wildman–Crippen LogP) is 5.17. The Balaban J connectivity index is 2.04. The van der Waals surface area contributed by atoms with Crippen LogP contribution in [-0.4, -0.2) is 9.55 Å². The molecule has 0 saturated carbocycles. The summed E-state index contributed by atoms with van der Waals surface area (Å²) in [7, 11) is 0. The number of aromatic nitrogens is 2. The van der Waals surface area contributed by atoms with Crippen molar-refractivity contribution in [3.05, 3.63) is 58.6 Å². The third kappa shape index (κ3) is 2.76. The molecule has 4 heteroatoms. The lowest BCUT2D eigenvalue weighted by atomic mass is 10.1. The van der Waals surface area contributed by atoms with E-state index in [1.807, 2.05) is 4.57 Å². The Kier molecular flexibility index (Phi) is 3.88. The maximum atomic E-state index is 13.3. The minimum absolute atomic E-state index is 0.263. The van der Waals surface area contributed by atoms with E-state index in [1.54, 1.807) is 6.07 Å². The van der Waals surface area contributed by atoms with Crippen molar-refractivity contribution in [2.75, 3.05) is 0 Å². The first-order chi connectivity index (χ1) is 10.2. The molecular weight excluding hydrogens is 283 g/mol. The molecule has 3 rings (SSSR count). The molecule has 0 amide bonds. The van der Waals surface area contributed by atoms with E-state index >= 15 is 0 Å². The van der Waals surface area contributed by atoms with Crippen LogP contribution < -0.4 is 0 Å². The lowest BCUT2D eigenvalue weighted by Gasteiger charge is -2.06. The standard InChI is InChI=1S/C17H17FN2S/c1-2-3-4-12-5-8-14(9-6-12)20-16-10-7-13(18)11-15(16)19-17(20)21/h5-11H,2-4H2,1H3,(H,19,21). The van der Waals surface area contributed by atoms with Crippen LogP contribution in [0.25, 0.3) is 16.7 Å². The maximum absolute atomic E-state index is 13.3. The van der Waals surface area contributed by atoms with E-state index in [1.165, 1.54) is 30.5 Å². The highest BCUT2D eigenvalue weighted by Gasteiger charge is 2.07. The van der Waals surface area contributed by atoms with Gasteiger partial charge >= 0.3 is 0 Å². The van der Waals surface area contributed by atoms with Gasteiger partial charge in [0.1, 0.15) is 5.82 Å². The van der Waals surface area contributed by atoms with Crippen LogP contribution in [0.15, 0.2) is 42.5 Å². The van der Waals surface area contributed by atoms with E-state index < -0.39 is 0 Å². The van der Waals surface area contributed by atoms with Gasteiger partial charge in [-0.15, -0.1) is 0 Å².